The summed E-state index contributed by atoms with van der Waals surface area (Å²) in [6, 6.07) is 4.03. The van der Waals surface area contributed by atoms with Gasteiger partial charge in [0.1, 0.15) is 0 Å². The van der Waals surface area contributed by atoms with Gasteiger partial charge in [-0.3, -0.25) is 4.79 Å². The first-order valence-corrected chi connectivity index (χ1v) is 5.41. The summed E-state index contributed by atoms with van der Waals surface area (Å²) in [7, 11) is 0. The smallest absolute Gasteiger partial charge is 0.304 e. The van der Waals surface area contributed by atoms with Crippen LogP contribution in [0.1, 0.15) is 37.8 Å². The molecule has 0 aliphatic rings. The predicted octanol–water partition coefficient (Wildman–Crippen LogP) is 4.03. The van der Waals surface area contributed by atoms with Crippen molar-refractivity contribution < 1.29 is 18.7 Å². The van der Waals surface area contributed by atoms with Crippen LogP contribution in [0.5, 0.6) is 0 Å². The molecular weight excluding hydrogens is 250 g/mol. The van der Waals surface area contributed by atoms with Crippen LogP contribution in [0.3, 0.4) is 0 Å². The first-order chi connectivity index (χ1) is 7.74. The fourth-order valence-corrected chi connectivity index (χ4v) is 1.95. The van der Waals surface area contributed by atoms with Gasteiger partial charge in [-0.15, -0.1) is 0 Å². The summed E-state index contributed by atoms with van der Waals surface area (Å²) in [4.78, 5) is 10.7. The van der Waals surface area contributed by atoms with Crippen LogP contribution in [0, 0.1) is 0 Å². The highest BCUT2D eigenvalue weighted by molar-refractivity contribution is 6.30. The summed E-state index contributed by atoms with van der Waals surface area (Å²) in [5.74, 6) is -1.03. The van der Waals surface area contributed by atoms with E-state index in [1.165, 1.54) is 18.2 Å². The standard InChI is InChI=1S/C12H13ClF2O2/c1-12(2,6-10(16)17)9-5-7(13)3-4-8(9)11(14)15/h3-5,11H,6H2,1-2H3,(H,16,17). The van der Waals surface area contributed by atoms with Gasteiger partial charge in [0.05, 0.1) is 6.42 Å². The van der Waals surface area contributed by atoms with E-state index in [1.54, 1.807) is 13.8 Å². The van der Waals surface area contributed by atoms with Gasteiger partial charge in [-0.05, 0) is 17.7 Å². The SMILES string of the molecule is CC(C)(CC(=O)O)c1cc(Cl)ccc1C(F)F. The lowest BCUT2D eigenvalue weighted by atomic mass is 9.79. The highest BCUT2D eigenvalue weighted by atomic mass is 35.5. The topological polar surface area (TPSA) is 37.3 Å². The van der Waals surface area contributed by atoms with Crippen LogP contribution in [0.25, 0.3) is 0 Å². The third kappa shape index (κ3) is 3.40. The minimum atomic E-state index is -2.64. The van der Waals surface area contributed by atoms with Gasteiger partial charge in [0.2, 0.25) is 0 Å². The summed E-state index contributed by atoms with van der Waals surface area (Å²) in [5, 5.41) is 9.11. The van der Waals surface area contributed by atoms with Crippen molar-refractivity contribution >= 4 is 17.6 Å². The van der Waals surface area contributed by atoms with Crippen LogP contribution in [-0.4, -0.2) is 11.1 Å². The summed E-state index contributed by atoms with van der Waals surface area (Å²) in [5.41, 5.74) is -0.772. The van der Waals surface area contributed by atoms with Crippen molar-refractivity contribution in [3.63, 3.8) is 0 Å². The maximum absolute atomic E-state index is 12.8. The number of hydrogen-bond acceptors (Lipinski definition) is 1. The molecule has 2 nitrogen and oxygen atoms in total. The number of benzene rings is 1. The number of hydrogen-bond donors (Lipinski definition) is 1. The molecule has 0 radical (unpaired) electrons. The van der Waals surface area contributed by atoms with Gasteiger partial charge in [-0.25, -0.2) is 8.78 Å². The third-order valence-corrected chi connectivity index (χ3v) is 2.81. The summed E-state index contributed by atoms with van der Waals surface area (Å²) < 4.78 is 25.7. The van der Waals surface area contributed by atoms with Crippen LogP contribution in [0.4, 0.5) is 8.78 Å². The lowest BCUT2D eigenvalue weighted by molar-refractivity contribution is -0.138. The average Bonchev–Trinajstić information content (AvgIpc) is 2.14. The second-order valence-corrected chi connectivity index (χ2v) is 4.92. The minimum absolute atomic E-state index is 0.166. The van der Waals surface area contributed by atoms with Crippen molar-refractivity contribution in [3.8, 4) is 0 Å². The zero-order valence-electron chi connectivity index (χ0n) is 9.51. The largest absolute Gasteiger partial charge is 0.481 e. The van der Waals surface area contributed by atoms with E-state index in [0.717, 1.165) is 0 Å². The van der Waals surface area contributed by atoms with E-state index >= 15 is 0 Å². The van der Waals surface area contributed by atoms with Crippen molar-refractivity contribution in [1.82, 2.24) is 0 Å². The Morgan fingerprint density at radius 2 is 2.06 bits per heavy atom. The lowest BCUT2D eigenvalue weighted by Gasteiger charge is -2.26. The molecule has 1 N–H and O–H groups in total. The molecule has 17 heavy (non-hydrogen) atoms. The highest BCUT2D eigenvalue weighted by Gasteiger charge is 2.29. The average molecular weight is 263 g/mol. The molecule has 0 unspecified atom stereocenters. The van der Waals surface area contributed by atoms with E-state index in [9.17, 15) is 13.6 Å². The van der Waals surface area contributed by atoms with Crippen molar-refractivity contribution in [3.05, 3.63) is 34.3 Å². The van der Waals surface area contributed by atoms with Gasteiger partial charge >= 0.3 is 5.97 Å². The van der Waals surface area contributed by atoms with Crippen molar-refractivity contribution in [2.45, 2.75) is 32.1 Å². The molecule has 1 aromatic rings. The molecule has 0 saturated heterocycles. The van der Waals surface area contributed by atoms with E-state index < -0.39 is 17.8 Å². The van der Waals surface area contributed by atoms with Crippen LogP contribution in [0.15, 0.2) is 18.2 Å². The molecule has 5 heteroatoms. The maximum Gasteiger partial charge on any atom is 0.304 e. The molecule has 0 saturated carbocycles. The quantitative estimate of drug-likeness (QED) is 0.889. The summed E-state index contributed by atoms with van der Waals surface area (Å²) in [6.45, 7) is 3.22. The van der Waals surface area contributed by atoms with Crippen LogP contribution < -0.4 is 0 Å². The number of rotatable bonds is 4. The van der Waals surface area contributed by atoms with Gasteiger partial charge in [0.25, 0.3) is 6.43 Å². The van der Waals surface area contributed by atoms with E-state index in [2.05, 4.69) is 0 Å². The van der Waals surface area contributed by atoms with Gasteiger partial charge in [-0.2, -0.15) is 0 Å². The van der Waals surface area contributed by atoms with E-state index in [0.29, 0.717) is 5.02 Å². The molecule has 0 aliphatic carbocycles. The number of carbonyl (C=O) groups is 1. The molecule has 0 atom stereocenters. The minimum Gasteiger partial charge on any atom is -0.481 e. The van der Waals surface area contributed by atoms with Crippen LogP contribution in [0.2, 0.25) is 5.02 Å². The molecule has 0 heterocycles. The fraction of sp³-hybridized carbons (Fsp3) is 0.417. The van der Waals surface area contributed by atoms with E-state index in [-0.39, 0.29) is 17.5 Å². The summed E-state index contributed by atoms with van der Waals surface area (Å²) in [6.07, 6.45) is -2.87. The molecule has 1 aromatic carbocycles. The van der Waals surface area contributed by atoms with Crippen LogP contribution in [-0.2, 0) is 10.2 Å². The maximum atomic E-state index is 12.8. The van der Waals surface area contributed by atoms with Gasteiger partial charge < -0.3 is 5.11 Å². The number of alkyl halides is 2. The van der Waals surface area contributed by atoms with Crippen molar-refractivity contribution in [1.29, 1.82) is 0 Å². The molecule has 0 bridgehead atoms. The summed E-state index contributed by atoms with van der Waals surface area (Å²) >= 11 is 5.77. The molecule has 0 aliphatic heterocycles. The molecule has 1 rings (SSSR count). The van der Waals surface area contributed by atoms with Gasteiger partial charge in [0.15, 0.2) is 0 Å². The molecular formula is C12H13ClF2O2. The normalized spacial score (nSPS) is 11.9. The Balaban J connectivity index is 3.27. The third-order valence-electron chi connectivity index (χ3n) is 2.57. The Bertz CT molecular complexity index is 431. The number of aliphatic carboxylic acids is 1. The Kier molecular flexibility index (Phi) is 4.09. The first kappa shape index (κ1) is 13.9. The van der Waals surface area contributed by atoms with Crippen molar-refractivity contribution in [2.24, 2.45) is 0 Å². The molecule has 94 valence electrons. The highest BCUT2D eigenvalue weighted by Crippen LogP contribution is 2.36. The Hall–Kier alpha value is -1.16. The predicted molar refractivity (Wildman–Crippen MR) is 61.7 cm³/mol. The molecule has 0 spiro atoms. The number of carboxylic acid groups (broad SMARTS) is 1. The van der Waals surface area contributed by atoms with Crippen molar-refractivity contribution in [2.75, 3.05) is 0 Å². The number of carboxylic acids is 1. The second kappa shape index (κ2) is 5.00. The Morgan fingerprint density at radius 3 is 2.53 bits per heavy atom. The van der Waals surface area contributed by atoms with E-state index in [1.807, 2.05) is 0 Å². The lowest BCUT2D eigenvalue weighted by Crippen LogP contribution is -2.23. The second-order valence-electron chi connectivity index (χ2n) is 4.49. The Labute approximate surface area is 103 Å². The van der Waals surface area contributed by atoms with Crippen LogP contribution >= 0.6 is 11.6 Å². The molecule has 0 amide bonds. The van der Waals surface area contributed by atoms with Gasteiger partial charge in [0, 0.05) is 16.0 Å². The van der Waals surface area contributed by atoms with Gasteiger partial charge in [-0.1, -0.05) is 31.5 Å². The Morgan fingerprint density at radius 1 is 1.47 bits per heavy atom. The zero-order valence-corrected chi connectivity index (χ0v) is 10.3. The molecule has 0 aromatic heterocycles. The number of halogens is 3. The zero-order chi connectivity index (χ0) is 13.2. The monoisotopic (exact) mass is 262 g/mol. The fourth-order valence-electron chi connectivity index (χ4n) is 1.78. The first-order valence-electron chi connectivity index (χ1n) is 5.04. The molecule has 0 fully saturated rings. The van der Waals surface area contributed by atoms with E-state index in [4.69, 9.17) is 16.7 Å².